The summed E-state index contributed by atoms with van der Waals surface area (Å²) in [5, 5.41) is 4.41. The van der Waals surface area contributed by atoms with Gasteiger partial charge in [0.2, 0.25) is 5.28 Å². The lowest BCUT2D eigenvalue weighted by Gasteiger charge is -2.08. The number of nitrogens with zero attached hydrogens (tertiary/aromatic N) is 4. The van der Waals surface area contributed by atoms with Crippen molar-refractivity contribution in [3.63, 3.8) is 0 Å². The fourth-order valence-corrected chi connectivity index (χ4v) is 2.53. The molecule has 0 fully saturated rings. The van der Waals surface area contributed by atoms with Gasteiger partial charge in [0, 0.05) is 16.8 Å². The maximum absolute atomic E-state index is 14.0. The fraction of sp³-hybridized carbons (Fsp3) is 0.267. The summed E-state index contributed by atoms with van der Waals surface area (Å²) in [7, 11) is 0. The van der Waals surface area contributed by atoms with Crippen LogP contribution in [0.3, 0.4) is 0 Å². The molecular formula is C15H14ClFN4. The van der Waals surface area contributed by atoms with Crippen molar-refractivity contribution >= 4 is 17.1 Å². The molecule has 0 aliphatic rings. The Hall–Kier alpha value is -2.01. The van der Waals surface area contributed by atoms with Gasteiger partial charge in [-0.15, -0.1) is 0 Å². The van der Waals surface area contributed by atoms with Gasteiger partial charge in [0.15, 0.2) is 5.82 Å². The molecule has 0 aromatic carbocycles. The van der Waals surface area contributed by atoms with Crippen LogP contribution in [0.2, 0.25) is 5.28 Å². The molecule has 3 rings (SSSR count). The molecule has 0 bridgehead atoms. The molecule has 0 N–H and O–H groups in total. The third-order valence-corrected chi connectivity index (χ3v) is 3.62. The van der Waals surface area contributed by atoms with E-state index in [1.54, 1.807) is 0 Å². The monoisotopic (exact) mass is 304 g/mol. The minimum absolute atomic E-state index is 0.0292. The number of halogens is 2. The van der Waals surface area contributed by atoms with Crippen LogP contribution in [0.5, 0.6) is 0 Å². The minimum atomic E-state index is -0.492. The number of pyridine rings is 1. The third-order valence-electron chi connectivity index (χ3n) is 3.44. The summed E-state index contributed by atoms with van der Waals surface area (Å²) in [6.45, 7) is 6.12. The maximum atomic E-state index is 14.0. The van der Waals surface area contributed by atoms with Crippen LogP contribution in [0, 0.1) is 12.7 Å². The summed E-state index contributed by atoms with van der Waals surface area (Å²) in [5.41, 5.74) is 3.85. The average molecular weight is 305 g/mol. The highest BCUT2D eigenvalue weighted by Gasteiger charge is 2.14. The van der Waals surface area contributed by atoms with E-state index in [1.807, 2.05) is 29.8 Å². The van der Waals surface area contributed by atoms with Crippen molar-refractivity contribution < 1.29 is 4.39 Å². The van der Waals surface area contributed by atoms with Crippen molar-refractivity contribution in [1.29, 1.82) is 0 Å². The summed E-state index contributed by atoms with van der Waals surface area (Å²) >= 11 is 5.78. The van der Waals surface area contributed by atoms with E-state index in [9.17, 15) is 4.39 Å². The van der Waals surface area contributed by atoms with Gasteiger partial charge in [0.05, 0.1) is 17.9 Å². The van der Waals surface area contributed by atoms with E-state index < -0.39 is 5.82 Å². The smallest absolute Gasteiger partial charge is 0.223 e. The largest absolute Gasteiger partial charge is 0.238 e. The second-order valence-corrected chi connectivity index (χ2v) is 5.61. The highest BCUT2D eigenvalue weighted by Crippen LogP contribution is 2.28. The zero-order valence-corrected chi connectivity index (χ0v) is 12.7. The van der Waals surface area contributed by atoms with Crippen LogP contribution in [0.15, 0.2) is 24.5 Å². The third kappa shape index (κ3) is 2.38. The zero-order valence-electron chi connectivity index (χ0n) is 11.9. The molecule has 0 atom stereocenters. The molecule has 3 heterocycles. The fourth-order valence-electron chi connectivity index (χ4n) is 2.40. The molecule has 0 aliphatic carbocycles. The summed E-state index contributed by atoms with van der Waals surface area (Å²) in [4.78, 5) is 7.65. The molecule has 3 aromatic heterocycles. The summed E-state index contributed by atoms with van der Waals surface area (Å²) < 4.78 is 15.8. The average Bonchev–Trinajstić information content (AvgIpc) is 2.86. The number of rotatable bonds is 2. The molecule has 6 heteroatoms. The number of aryl methyl sites for hydroxylation is 1. The van der Waals surface area contributed by atoms with Gasteiger partial charge >= 0.3 is 0 Å². The second kappa shape index (κ2) is 5.07. The van der Waals surface area contributed by atoms with E-state index in [0.29, 0.717) is 11.5 Å². The Bertz CT molecular complexity index is 826. The van der Waals surface area contributed by atoms with E-state index in [1.165, 1.54) is 0 Å². The molecule has 0 saturated carbocycles. The summed E-state index contributed by atoms with van der Waals surface area (Å²) in [5.74, 6) is -0.162. The first-order valence-electron chi connectivity index (χ1n) is 6.64. The Balaban J connectivity index is 2.28. The Kier molecular flexibility index (Phi) is 3.37. The lowest BCUT2D eigenvalue weighted by Crippen LogP contribution is -1.98. The maximum Gasteiger partial charge on any atom is 0.223 e. The predicted molar refractivity (Wildman–Crippen MR) is 80.0 cm³/mol. The lowest BCUT2D eigenvalue weighted by molar-refractivity contribution is 0.618. The van der Waals surface area contributed by atoms with Crippen molar-refractivity contribution in [2.24, 2.45) is 0 Å². The second-order valence-electron chi connectivity index (χ2n) is 5.27. The van der Waals surface area contributed by atoms with Crippen molar-refractivity contribution in [2.45, 2.75) is 26.7 Å². The van der Waals surface area contributed by atoms with E-state index >= 15 is 0 Å². The van der Waals surface area contributed by atoms with Crippen LogP contribution in [-0.2, 0) is 0 Å². The standard InChI is InChI=1S/C15H14ClFN4/c1-8(2)11-6-19-21-9(3)4-10(5-13(11)21)14-12(17)7-18-15(16)20-14/h4-8H,1-3H3. The Morgan fingerprint density at radius 1 is 1.24 bits per heavy atom. The Labute approximate surface area is 126 Å². The number of aromatic nitrogens is 4. The van der Waals surface area contributed by atoms with Gasteiger partial charge in [-0.2, -0.15) is 5.10 Å². The molecule has 21 heavy (non-hydrogen) atoms. The van der Waals surface area contributed by atoms with E-state index in [4.69, 9.17) is 11.6 Å². The number of hydrogen-bond acceptors (Lipinski definition) is 3. The van der Waals surface area contributed by atoms with Gasteiger partial charge in [-0.05, 0) is 36.6 Å². The molecule has 0 amide bonds. The number of hydrogen-bond donors (Lipinski definition) is 0. The summed E-state index contributed by atoms with van der Waals surface area (Å²) in [6, 6.07) is 3.73. The van der Waals surface area contributed by atoms with Crippen LogP contribution < -0.4 is 0 Å². The topological polar surface area (TPSA) is 43.1 Å². The molecule has 0 aliphatic heterocycles. The first kappa shape index (κ1) is 13.9. The number of fused-ring (bicyclic) bond motifs is 1. The SMILES string of the molecule is Cc1cc(-c2nc(Cl)ncc2F)cc2c(C(C)C)cnn12. The van der Waals surface area contributed by atoms with E-state index in [2.05, 4.69) is 28.9 Å². The first-order valence-corrected chi connectivity index (χ1v) is 7.02. The molecule has 108 valence electrons. The van der Waals surface area contributed by atoms with Gasteiger partial charge in [-0.1, -0.05) is 13.8 Å². The molecule has 0 saturated heterocycles. The van der Waals surface area contributed by atoms with Gasteiger partial charge in [0.1, 0.15) is 5.69 Å². The lowest BCUT2D eigenvalue weighted by atomic mass is 10.0. The highest BCUT2D eigenvalue weighted by molar-refractivity contribution is 6.28. The molecule has 0 radical (unpaired) electrons. The van der Waals surface area contributed by atoms with Crippen molar-refractivity contribution in [3.8, 4) is 11.3 Å². The van der Waals surface area contributed by atoms with Crippen LogP contribution in [0.4, 0.5) is 4.39 Å². The minimum Gasteiger partial charge on any atom is -0.238 e. The zero-order chi connectivity index (χ0) is 15.1. The molecule has 4 nitrogen and oxygen atoms in total. The van der Waals surface area contributed by atoms with Gasteiger partial charge in [-0.25, -0.2) is 18.9 Å². The van der Waals surface area contributed by atoms with Crippen LogP contribution >= 0.6 is 11.6 Å². The van der Waals surface area contributed by atoms with Crippen molar-refractivity contribution in [3.05, 3.63) is 46.9 Å². The Morgan fingerprint density at radius 3 is 2.71 bits per heavy atom. The highest BCUT2D eigenvalue weighted by atomic mass is 35.5. The van der Waals surface area contributed by atoms with E-state index in [0.717, 1.165) is 23.0 Å². The quantitative estimate of drug-likeness (QED) is 0.672. The van der Waals surface area contributed by atoms with Gasteiger partial charge in [0.25, 0.3) is 0 Å². The van der Waals surface area contributed by atoms with Crippen molar-refractivity contribution in [1.82, 2.24) is 19.6 Å². The van der Waals surface area contributed by atoms with Crippen LogP contribution in [0.25, 0.3) is 16.8 Å². The molecule has 3 aromatic rings. The molecule has 0 spiro atoms. The predicted octanol–water partition coefficient (Wildman–Crippen LogP) is 4.02. The van der Waals surface area contributed by atoms with Crippen molar-refractivity contribution in [2.75, 3.05) is 0 Å². The van der Waals surface area contributed by atoms with E-state index in [-0.39, 0.29) is 11.0 Å². The van der Waals surface area contributed by atoms with Gasteiger partial charge in [-0.3, -0.25) is 0 Å². The van der Waals surface area contributed by atoms with Gasteiger partial charge < -0.3 is 0 Å². The molecular weight excluding hydrogens is 291 g/mol. The normalized spacial score (nSPS) is 11.5. The first-order chi connectivity index (χ1) is 9.97. The molecule has 0 unspecified atom stereocenters. The van der Waals surface area contributed by atoms with Crippen LogP contribution in [-0.4, -0.2) is 19.6 Å². The Morgan fingerprint density at radius 2 is 2.00 bits per heavy atom. The summed E-state index contributed by atoms with van der Waals surface area (Å²) in [6.07, 6.45) is 2.93. The van der Waals surface area contributed by atoms with Crippen LogP contribution in [0.1, 0.15) is 31.0 Å².